The van der Waals surface area contributed by atoms with Gasteiger partial charge in [-0.3, -0.25) is 4.79 Å². The van der Waals surface area contributed by atoms with Crippen molar-refractivity contribution in [3.05, 3.63) is 109 Å². The van der Waals surface area contributed by atoms with Crippen LogP contribution in [0.4, 0.5) is 0 Å². The van der Waals surface area contributed by atoms with Crippen LogP contribution >= 0.6 is 0 Å². The maximum atomic E-state index is 13.3. The summed E-state index contributed by atoms with van der Waals surface area (Å²) in [6.07, 6.45) is 64.3. The fourth-order valence-electron chi connectivity index (χ4n) is 10.7. The molecule has 0 saturated carbocycles. The van der Waals surface area contributed by atoms with Crippen LogP contribution in [-0.4, -0.2) is 140 Å². The minimum atomic E-state index is -1.79. The summed E-state index contributed by atoms with van der Waals surface area (Å²) in [5, 5.41) is 87.3. The Morgan fingerprint density at radius 2 is 0.805 bits per heavy atom. The molecule has 2 fully saturated rings. The van der Waals surface area contributed by atoms with Gasteiger partial charge in [-0.05, 0) is 89.9 Å². The second-order valence-corrected chi connectivity index (χ2v) is 23.9. The fourth-order valence-corrected chi connectivity index (χ4v) is 10.7. The van der Waals surface area contributed by atoms with Gasteiger partial charge in [0.25, 0.3) is 0 Å². The summed E-state index contributed by atoms with van der Waals surface area (Å²) in [5.74, 6) is -0.252. The number of aliphatic hydroxyl groups excluding tert-OH is 8. The lowest BCUT2D eigenvalue weighted by atomic mass is 9.97. The number of carbonyl (C=O) groups is 1. The summed E-state index contributed by atoms with van der Waals surface area (Å²) in [6, 6.07) is -0.937. The number of hydrogen-bond donors (Lipinski definition) is 9. The van der Waals surface area contributed by atoms with Gasteiger partial charge >= 0.3 is 0 Å². The van der Waals surface area contributed by atoms with Gasteiger partial charge in [-0.25, -0.2) is 0 Å². The third-order valence-corrected chi connectivity index (χ3v) is 16.2. The van der Waals surface area contributed by atoms with Crippen LogP contribution in [-0.2, 0) is 23.7 Å². The van der Waals surface area contributed by atoms with Crippen LogP contribution in [0, 0.1) is 0 Å². The number of hydrogen-bond acceptors (Lipinski definition) is 13. The Balaban J connectivity index is 1.63. The van der Waals surface area contributed by atoms with E-state index in [4.69, 9.17) is 18.9 Å². The van der Waals surface area contributed by atoms with E-state index in [2.05, 4.69) is 116 Å². The van der Waals surface area contributed by atoms with E-state index in [-0.39, 0.29) is 18.9 Å². The quantitative estimate of drug-likeness (QED) is 0.0204. The van der Waals surface area contributed by atoms with Gasteiger partial charge in [-0.1, -0.05) is 264 Å². The van der Waals surface area contributed by atoms with Gasteiger partial charge in [-0.15, -0.1) is 0 Å². The summed E-state index contributed by atoms with van der Waals surface area (Å²) < 4.78 is 22.8. The van der Waals surface area contributed by atoms with Crippen molar-refractivity contribution in [2.45, 2.75) is 325 Å². The number of aliphatic hydroxyl groups is 8. The largest absolute Gasteiger partial charge is 0.394 e. The first-order valence-electron chi connectivity index (χ1n) is 34.6. The molecule has 0 aromatic rings. The first kappa shape index (κ1) is 79.7. The number of ether oxygens (including phenoxy) is 4. The number of allylic oxidation sites excluding steroid dienone is 17. The SMILES string of the molecule is CC/C=C\C/C=C\C/C=C\C/C=C\C/C=C\C/C=C\C/C=C\CCCCCCCCCCCCCCCCCC(=O)NC(COC1OC(CO)C(OC2OC(CO)C(O)C(O)C2O)C(O)C1O)C(O)/C=C/CC/C=C/CCCCCCCCCCCC. The molecule has 1 amide bonds. The van der Waals surface area contributed by atoms with E-state index in [0.29, 0.717) is 12.8 Å². The topological polar surface area (TPSA) is 228 Å². The third-order valence-electron chi connectivity index (χ3n) is 16.2. The molecule has 2 saturated heterocycles. The van der Waals surface area contributed by atoms with E-state index in [9.17, 15) is 45.6 Å². The summed E-state index contributed by atoms with van der Waals surface area (Å²) in [7, 11) is 0. The second-order valence-electron chi connectivity index (χ2n) is 23.9. The Morgan fingerprint density at radius 3 is 1.26 bits per heavy atom. The molecule has 14 heteroatoms. The number of nitrogens with one attached hydrogen (secondary N) is 1. The van der Waals surface area contributed by atoms with Gasteiger partial charge in [0, 0.05) is 6.42 Å². The molecule has 2 heterocycles. The van der Waals surface area contributed by atoms with Crippen molar-refractivity contribution in [2.75, 3.05) is 19.8 Å². The van der Waals surface area contributed by atoms with Crippen LogP contribution in [0.2, 0.25) is 0 Å². The lowest BCUT2D eigenvalue weighted by Gasteiger charge is -2.46. The highest BCUT2D eigenvalue weighted by molar-refractivity contribution is 5.76. The van der Waals surface area contributed by atoms with Crippen molar-refractivity contribution < 1.29 is 64.6 Å². The minimum absolute atomic E-state index is 0.252. The fraction of sp³-hybridized carbons (Fsp3) is 0.740. The number of unbranched alkanes of at least 4 members (excludes halogenated alkanes) is 26. The molecule has 14 nitrogen and oxygen atoms in total. The summed E-state index contributed by atoms with van der Waals surface area (Å²) in [5.41, 5.74) is 0. The van der Waals surface area contributed by atoms with Crippen molar-refractivity contribution in [2.24, 2.45) is 0 Å². The van der Waals surface area contributed by atoms with Gasteiger partial charge in [-0.2, -0.15) is 0 Å². The van der Waals surface area contributed by atoms with Gasteiger partial charge in [0.05, 0.1) is 32.0 Å². The normalized spacial score (nSPS) is 24.0. The Hall–Kier alpha value is -3.35. The summed E-state index contributed by atoms with van der Waals surface area (Å²) in [6.45, 7) is 2.67. The summed E-state index contributed by atoms with van der Waals surface area (Å²) >= 11 is 0. The molecule has 0 spiro atoms. The summed E-state index contributed by atoms with van der Waals surface area (Å²) in [4.78, 5) is 13.3. The van der Waals surface area contributed by atoms with E-state index in [1.807, 2.05) is 6.08 Å². The van der Waals surface area contributed by atoms with Crippen molar-refractivity contribution in [1.82, 2.24) is 5.32 Å². The standard InChI is InChI=1S/C73H125NO13/c1-3-5-7-9-11-13-15-17-19-21-22-23-24-25-26-27-28-29-30-31-32-33-34-35-36-37-38-39-40-41-43-45-47-49-51-53-55-57-65(78)74-61(62(77)56-54-52-50-48-46-44-42-20-18-16-14-12-10-8-6-4-2)60-84-72-70(83)68(81)71(64(59-76)86-72)87-73-69(82)67(80)66(79)63(58-75)85-73/h5,7,11,13,17,19,22-23,25-26,28-29,31-32,46,48,54,56,61-64,66-73,75-77,79-83H,3-4,6,8-10,12,14-16,18,20-21,24,27,30,33-45,47,49-53,55,57-60H2,1-2H3,(H,74,78)/b7-5-,13-11-,19-17-,23-22-,26-25-,29-28-,32-31-,48-46+,56-54+. The third kappa shape index (κ3) is 40.9. The molecule has 2 aliphatic heterocycles. The maximum absolute atomic E-state index is 13.3. The first-order valence-corrected chi connectivity index (χ1v) is 34.6. The van der Waals surface area contributed by atoms with Crippen LogP contribution in [0.1, 0.15) is 251 Å². The molecule has 87 heavy (non-hydrogen) atoms. The molecular weight excluding hydrogens is 1100 g/mol. The lowest BCUT2D eigenvalue weighted by Crippen LogP contribution is -2.65. The zero-order valence-corrected chi connectivity index (χ0v) is 54.2. The molecule has 0 aromatic heterocycles. The molecule has 0 aromatic carbocycles. The second kappa shape index (κ2) is 56.6. The molecule has 12 atom stereocenters. The zero-order valence-electron chi connectivity index (χ0n) is 54.2. The average Bonchev–Trinajstić information content (AvgIpc) is 2.36. The first-order chi connectivity index (χ1) is 42.6. The number of carbonyl (C=O) groups excluding carboxylic acids is 1. The van der Waals surface area contributed by atoms with Crippen molar-refractivity contribution in [3.63, 3.8) is 0 Å². The predicted molar refractivity (Wildman–Crippen MR) is 355 cm³/mol. The van der Waals surface area contributed by atoms with Gasteiger partial charge in [0.1, 0.15) is 48.8 Å². The minimum Gasteiger partial charge on any atom is -0.394 e. The lowest BCUT2D eigenvalue weighted by molar-refractivity contribution is -0.359. The van der Waals surface area contributed by atoms with Crippen LogP contribution in [0.5, 0.6) is 0 Å². The van der Waals surface area contributed by atoms with E-state index >= 15 is 0 Å². The monoisotopic (exact) mass is 1220 g/mol. The smallest absolute Gasteiger partial charge is 0.220 e. The Kier molecular flexibility index (Phi) is 51.9. The predicted octanol–water partition coefficient (Wildman–Crippen LogP) is 14.0. The van der Waals surface area contributed by atoms with Crippen LogP contribution in [0.3, 0.4) is 0 Å². The highest BCUT2D eigenvalue weighted by atomic mass is 16.7. The highest BCUT2D eigenvalue weighted by Crippen LogP contribution is 2.30. The molecule has 0 bridgehead atoms. The van der Waals surface area contributed by atoms with Gasteiger partial charge < -0.3 is 65.1 Å². The average molecular weight is 1220 g/mol. The van der Waals surface area contributed by atoms with Crippen molar-refractivity contribution in [3.8, 4) is 0 Å². The zero-order chi connectivity index (χ0) is 63.1. The molecule has 0 radical (unpaired) electrons. The van der Waals surface area contributed by atoms with Crippen molar-refractivity contribution >= 4 is 5.91 Å². The van der Waals surface area contributed by atoms with Gasteiger partial charge in [0.15, 0.2) is 12.6 Å². The molecule has 500 valence electrons. The molecule has 0 aliphatic carbocycles. The Bertz CT molecular complexity index is 1880. The van der Waals surface area contributed by atoms with E-state index in [1.165, 1.54) is 141 Å². The maximum Gasteiger partial charge on any atom is 0.220 e. The van der Waals surface area contributed by atoms with Crippen LogP contribution in [0.25, 0.3) is 0 Å². The van der Waals surface area contributed by atoms with Crippen LogP contribution in [0.15, 0.2) is 109 Å². The number of amides is 1. The molecule has 2 aliphatic rings. The highest BCUT2D eigenvalue weighted by Gasteiger charge is 2.51. The molecule has 9 N–H and O–H groups in total. The van der Waals surface area contributed by atoms with E-state index in [1.54, 1.807) is 6.08 Å². The molecule has 12 unspecified atom stereocenters. The molecule has 2 rings (SSSR count). The van der Waals surface area contributed by atoms with Crippen LogP contribution < -0.4 is 5.32 Å². The molecular formula is C73H125NO13. The Morgan fingerprint density at radius 1 is 0.425 bits per heavy atom. The van der Waals surface area contributed by atoms with Crippen molar-refractivity contribution in [1.29, 1.82) is 0 Å². The van der Waals surface area contributed by atoms with Gasteiger partial charge in [0.2, 0.25) is 5.91 Å². The number of rotatable bonds is 55. The van der Waals surface area contributed by atoms with E-state index in [0.717, 1.165) is 77.0 Å². The van der Waals surface area contributed by atoms with E-state index < -0.39 is 86.8 Å². The Labute approximate surface area is 527 Å².